The minimum absolute atomic E-state index is 0.218. The van der Waals surface area contributed by atoms with Crippen LogP contribution in [0, 0.1) is 6.92 Å². The third kappa shape index (κ3) is 6.53. The van der Waals surface area contributed by atoms with E-state index in [1.165, 1.54) is 16.6 Å². The van der Waals surface area contributed by atoms with Gasteiger partial charge in [0.05, 0.1) is 13.2 Å². The topological polar surface area (TPSA) is 109 Å². The normalized spacial score (nSPS) is 19.2. The minimum Gasteiger partial charge on any atom is -0.353 e. The summed E-state index contributed by atoms with van der Waals surface area (Å²) in [4.78, 5) is 26.2. The predicted molar refractivity (Wildman–Crippen MR) is 104 cm³/mol. The van der Waals surface area contributed by atoms with Crippen molar-refractivity contribution in [2.24, 2.45) is 0 Å². The number of hydrogen-bond donors (Lipinski definition) is 1. The maximum absolute atomic E-state index is 12.6. The number of aryl methyl sites for hydroxylation is 1. The highest BCUT2D eigenvalue weighted by Gasteiger charge is 2.23. The van der Waals surface area contributed by atoms with E-state index in [1.54, 1.807) is 26.8 Å². The highest BCUT2D eigenvalue weighted by atomic mass is 31.2. The lowest BCUT2D eigenvalue weighted by molar-refractivity contribution is -0.206. The van der Waals surface area contributed by atoms with E-state index in [0.29, 0.717) is 18.6 Å². The summed E-state index contributed by atoms with van der Waals surface area (Å²) in [7, 11) is -3.35. The van der Waals surface area contributed by atoms with E-state index in [-0.39, 0.29) is 19.6 Å². The summed E-state index contributed by atoms with van der Waals surface area (Å²) >= 11 is 0. The lowest BCUT2D eigenvalue weighted by atomic mass is 10.2. The molecule has 0 radical (unpaired) electrons. The second kappa shape index (κ2) is 10.9. The van der Waals surface area contributed by atoms with Crippen LogP contribution >= 0.6 is 7.60 Å². The van der Waals surface area contributed by atoms with Crippen LogP contribution in [-0.4, -0.2) is 35.7 Å². The van der Waals surface area contributed by atoms with Gasteiger partial charge >= 0.3 is 13.3 Å². The van der Waals surface area contributed by atoms with Gasteiger partial charge in [0.25, 0.3) is 5.56 Å². The Bertz CT molecular complexity index is 801. The minimum atomic E-state index is -3.35. The zero-order chi connectivity index (χ0) is 20.6. The summed E-state index contributed by atoms with van der Waals surface area (Å²) in [5, 5.41) is 0. The van der Waals surface area contributed by atoms with Gasteiger partial charge in [-0.15, -0.1) is 0 Å². The largest absolute Gasteiger partial charge is 0.353 e. The molecule has 1 N–H and O–H groups in total. The molecule has 1 aliphatic heterocycles. The molecule has 0 aromatic carbocycles. The van der Waals surface area contributed by atoms with E-state index in [4.69, 9.17) is 18.5 Å². The van der Waals surface area contributed by atoms with Crippen LogP contribution in [0.15, 0.2) is 27.7 Å². The molecule has 0 bridgehead atoms. The predicted octanol–water partition coefficient (Wildman–Crippen LogP) is 3.06. The van der Waals surface area contributed by atoms with Crippen molar-refractivity contribution in [3.63, 3.8) is 0 Å². The van der Waals surface area contributed by atoms with Crippen molar-refractivity contribution >= 4 is 7.60 Å². The molecule has 0 saturated carbocycles. The van der Waals surface area contributed by atoms with E-state index in [9.17, 15) is 14.2 Å². The Morgan fingerprint density at radius 2 is 2.04 bits per heavy atom. The highest BCUT2D eigenvalue weighted by Crippen LogP contribution is 2.49. The van der Waals surface area contributed by atoms with E-state index in [2.05, 4.69) is 4.98 Å². The van der Waals surface area contributed by atoms with Gasteiger partial charge in [0.1, 0.15) is 6.23 Å². The fourth-order valence-electron chi connectivity index (χ4n) is 2.82. The zero-order valence-corrected chi connectivity index (χ0v) is 17.5. The molecule has 1 fully saturated rings. The fraction of sp³-hybridized carbons (Fsp3) is 0.667. The Morgan fingerprint density at radius 3 is 2.64 bits per heavy atom. The number of hydrogen-bond acceptors (Lipinski definition) is 7. The molecule has 0 amide bonds. The Balaban J connectivity index is 2.24. The van der Waals surface area contributed by atoms with Crippen LogP contribution in [0.2, 0.25) is 0 Å². The van der Waals surface area contributed by atoms with Gasteiger partial charge in [-0.2, -0.15) is 0 Å². The number of rotatable bonds is 10. The molecule has 1 aliphatic rings. The third-order valence-corrected chi connectivity index (χ3v) is 5.96. The van der Waals surface area contributed by atoms with Crippen LogP contribution in [0.3, 0.4) is 0 Å². The van der Waals surface area contributed by atoms with Gasteiger partial charge in [0.2, 0.25) is 0 Å². The van der Waals surface area contributed by atoms with Crippen molar-refractivity contribution in [2.75, 3.05) is 19.8 Å². The first-order chi connectivity index (χ1) is 13.4. The number of ether oxygens (including phenoxy) is 2. The monoisotopic (exact) mass is 416 g/mol. The second-order valence-corrected chi connectivity index (χ2v) is 8.26. The smallest absolute Gasteiger partial charge is 0.353 e. The summed E-state index contributed by atoms with van der Waals surface area (Å²) in [5.41, 5.74) is -0.639. The molecule has 28 heavy (non-hydrogen) atoms. The molecule has 9 nitrogen and oxygen atoms in total. The molecule has 10 heteroatoms. The maximum atomic E-state index is 12.6. The van der Waals surface area contributed by atoms with Crippen LogP contribution in [0.4, 0.5) is 0 Å². The van der Waals surface area contributed by atoms with Crippen molar-refractivity contribution in [1.82, 2.24) is 9.55 Å². The number of nitrogens with zero attached hydrogens (tertiary/aromatic N) is 1. The van der Waals surface area contributed by atoms with Crippen LogP contribution in [0.5, 0.6) is 0 Å². The van der Waals surface area contributed by atoms with E-state index in [0.717, 1.165) is 12.8 Å². The van der Waals surface area contributed by atoms with Crippen molar-refractivity contribution < 1.29 is 23.1 Å². The van der Waals surface area contributed by atoms with Crippen LogP contribution in [0.1, 0.15) is 51.3 Å². The highest BCUT2D eigenvalue weighted by molar-refractivity contribution is 7.57. The Kier molecular flexibility index (Phi) is 8.85. The van der Waals surface area contributed by atoms with E-state index < -0.39 is 31.4 Å². The fourth-order valence-corrected chi connectivity index (χ4v) is 4.16. The average Bonchev–Trinajstić information content (AvgIpc) is 2.65. The summed E-state index contributed by atoms with van der Waals surface area (Å²) in [5.74, 6) is 1.38. The molecule has 0 aliphatic carbocycles. The molecule has 1 aromatic rings. The van der Waals surface area contributed by atoms with Crippen molar-refractivity contribution in [2.45, 2.75) is 59.0 Å². The lowest BCUT2D eigenvalue weighted by Gasteiger charge is -2.28. The summed E-state index contributed by atoms with van der Waals surface area (Å²) in [6.45, 7) is 6.16. The SMILES string of the molecule is CCOP(=O)(C=CCC(OC1CCCCO1)n1cc(C)c(=O)[nH]c1=O)OCC. The third-order valence-electron chi connectivity index (χ3n) is 4.15. The summed E-state index contributed by atoms with van der Waals surface area (Å²) < 4.78 is 35.9. The molecule has 2 atom stereocenters. The second-order valence-electron chi connectivity index (χ2n) is 6.36. The molecule has 2 unspecified atom stereocenters. The standard InChI is InChI=1S/C18H29N2O7P/c1-4-25-28(23,26-5-2)12-8-9-15(27-16-10-6-7-11-24-16)20-13-14(3)17(21)19-18(20)22/h8,12-13,15-16H,4-7,9-11H2,1-3H3,(H,19,21,22). The molecule has 1 aromatic heterocycles. The van der Waals surface area contributed by atoms with Crippen LogP contribution < -0.4 is 11.2 Å². The summed E-state index contributed by atoms with van der Waals surface area (Å²) in [6, 6.07) is 0. The number of H-pyrrole nitrogens is 1. The quantitative estimate of drug-likeness (QED) is 0.584. The molecule has 0 spiro atoms. The van der Waals surface area contributed by atoms with Gasteiger partial charge in [-0.1, -0.05) is 6.08 Å². The van der Waals surface area contributed by atoms with Gasteiger partial charge in [0.15, 0.2) is 6.29 Å². The Labute approximate surface area is 164 Å². The number of aromatic amines is 1. The maximum Gasteiger partial charge on any atom is 0.353 e. The molecule has 2 rings (SSSR count). The first-order valence-electron chi connectivity index (χ1n) is 9.54. The number of nitrogens with one attached hydrogen (secondary N) is 1. The van der Waals surface area contributed by atoms with Crippen molar-refractivity contribution in [3.8, 4) is 0 Å². The Hall–Kier alpha value is -1.51. The van der Waals surface area contributed by atoms with Gasteiger partial charge in [0, 0.05) is 30.6 Å². The van der Waals surface area contributed by atoms with Gasteiger partial charge < -0.3 is 18.5 Å². The van der Waals surface area contributed by atoms with Gasteiger partial charge in [-0.05, 0) is 40.0 Å². The van der Waals surface area contributed by atoms with Crippen molar-refractivity contribution in [3.05, 3.63) is 44.5 Å². The zero-order valence-electron chi connectivity index (χ0n) is 16.6. The first-order valence-corrected chi connectivity index (χ1v) is 11.2. The van der Waals surface area contributed by atoms with Gasteiger partial charge in [-0.25, -0.2) is 4.79 Å². The first kappa shape index (κ1) is 22.8. The molecular weight excluding hydrogens is 387 g/mol. The van der Waals surface area contributed by atoms with Crippen LogP contribution in [0.25, 0.3) is 0 Å². The van der Waals surface area contributed by atoms with Gasteiger partial charge in [-0.3, -0.25) is 18.9 Å². The van der Waals surface area contributed by atoms with Crippen molar-refractivity contribution in [1.29, 1.82) is 0 Å². The van der Waals surface area contributed by atoms with E-state index in [1.807, 2.05) is 0 Å². The molecule has 2 heterocycles. The molecule has 158 valence electrons. The average molecular weight is 416 g/mol. The number of aromatic nitrogens is 2. The Morgan fingerprint density at radius 1 is 1.32 bits per heavy atom. The molecular formula is C18H29N2O7P. The summed E-state index contributed by atoms with van der Waals surface area (Å²) in [6.07, 6.45) is 4.74. The van der Waals surface area contributed by atoms with Crippen LogP contribution in [-0.2, 0) is 23.1 Å². The molecule has 1 saturated heterocycles. The van der Waals surface area contributed by atoms with E-state index >= 15 is 0 Å². The lowest BCUT2D eigenvalue weighted by Crippen LogP contribution is -2.36.